The van der Waals surface area contributed by atoms with E-state index >= 15 is 0 Å². The molecule has 0 bridgehead atoms. The highest BCUT2D eigenvalue weighted by atomic mass is 32.1. The van der Waals surface area contributed by atoms with Gasteiger partial charge in [-0.1, -0.05) is 35.4 Å². The Labute approximate surface area is 163 Å². The zero-order valence-electron chi connectivity index (χ0n) is 15.8. The molecule has 25 heavy (non-hydrogen) atoms. The molecule has 0 unspecified atom stereocenters. The molecule has 3 heteroatoms. The molecule has 0 aliphatic heterocycles. The van der Waals surface area contributed by atoms with Gasteiger partial charge in [-0.05, 0) is 65.8 Å². The van der Waals surface area contributed by atoms with E-state index in [2.05, 4.69) is 90.1 Å². The Morgan fingerprint density at radius 2 is 0.800 bits per heavy atom. The lowest BCUT2D eigenvalue weighted by atomic mass is 10.2. The molecule has 0 aliphatic carbocycles. The van der Waals surface area contributed by atoms with Crippen LogP contribution in [0.1, 0.15) is 30.6 Å². The second-order valence-electron chi connectivity index (χ2n) is 6.25. The molecule has 0 spiro atoms. The van der Waals surface area contributed by atoms with Gasteiger partial charge in [-0.2, -0.15) is 0 Å². The number of rotatable bonds is 0. The van der Waals surface area contributed by atoms with Gasteiger partial charge < -0.3 is 0 Å². The third kappa shape index (κ3) is 6.77. The fourth-order valence-electron chi connectivity index (χ4n) is 2.27. The highest BCUT2D eigenvalue weighted by Crippen LogP contribution is 2.31. The van der Waals surface area contributed by atoms with Gasteiger partial charge in [-0.25, -0.2) is 0 Å². The van der Waals surface area contributed by atoms with Gasteiger partial charge in [-0.15, -0.1) is 34.0 Å². The number of thiophene rings is 3. The highest BCUT2D eigenvalue weighted by Gasteiger charge is 2.00. The quantitative estimate of drug-likeness (QED) is 0.285. The molecule has 0 saturated heterocycles. The van der Waals surface area contributed by atoms with Crippen LogP contribution in [0.2, 0.25) is 0 Å². The minimum absolute atomic E-state index is 1.33. The van der Waals surface area contributed by atoms with Gasteiger partial charge in [0.1, 0.15) is 0 Å². The Bertz CT molecular complexity index is 804. The van der Waals surface area contributed by atoms with Crippen molar-refractivity contribution in [2.75, 3.05) is 0 Å². The van der Waals surface area contributed by atoms with Crippen LogP contribution in [0.5, 0.6) is 0 Å². The number of benzene rings is 1. The fraction of sp³-hybridized carbons (Fsp3) is 0.273. The molecule has 1 aromatic carbocycles. The fourth-order valence-corrected chi connectivity index (χ4v) is 5.29. The van der Waals surface area contributed by atoms with Crippen molar-refractivity contribution >= 4 is 43.4 Å². The highest BCUT2D eigenvalue weighted by molar-refractivity contribution is 7.27. The summed E-state index contributed by atoms with van der Waals surface area (Å²) in [6, 6.07) is 17.3. The van der Waals surface area contributed by atoms with E-state index in [1.165, 1.54) is 40.0 Å². The lowest BCUT2D eigenvalue weighted by Crippen LogP contribution is -1.70. The third-order valence-electron chi connectivity index (χ3n) is 3.55. The summed E-state index contributed by atoms with van der Waals surface area (Å²) in [6.07, 6.45) is 0. The topological polar surface area (TPSA) is 0 Å². The van der Waals surface area contributed by atoms with Crippen LogP contribution in [0.3, 0.4) is 0 Å². The molecule has 0 saturated carbocycles. The van der Waals surface area contributed by atoms with E-state index in [9.17, 15) is 0 Å². The van der Waals surface area contributed by atoms with Crippen LogP contribution in [0.25, 0.3) is 9.40 Å². The Kier molecular flexibility index (Phi) is 7.42. The van der Waals surface area contributed by atoms with E-state index in [1.807, 2.05) is 34.0 Å². The van der Waals surface area contributed by atoms with Crippen molar-refractivity contribution in [2.24, 2.45) is 0 Å². The van der Waals surface area contributed by atoms with Crippen molar-refractivity contribution in [2.45, 2.75) is 41.5 Å². The average Bonchev–Trinajstić information content (AvgIpc) is 3.17. The van der Waals surface area contributed by atoms with E-state index in [1.54, 1.807) is 0 Å². The smallest absolute Gasteiger partial charge is 0.0456 e. The molecule has 0 nitrogen and oxygen atoms in total. The van der Waals surface area contributed by atoms with E-state index < -0.39 is 0 Å². The molecule has 3 aromatic heterocycles. The Balaban J connectivity index is 0.000000138. The summed E-state index contributed by atoms with van der Waals surface area (Å²) in [4.78, 5) is 5.64. The van der Waals surface area contributed by atoms with Gasteiger partial charge in [0.2, 0.25) is 0 Å². The van der Waals surface area contributed by atoms with Crippen molar-refractivity contribution in [3.63, 3.8) is 0 Å². The van der Waals surface area contributed by atoms with Crippen LogP contribution in [0.4, 0.5) is 0 Å². The van der Waals surface area contributed by atoms with Crippen LogP contribution in [0.15, 0.2) is 48.5 Å². The first-order chi connectivity index (χ1) is 11.8. The number of hydrogen-bond donors (Lipinski definition) is 0. The molecular weight excluding hydrogens is 360 g/mol. The van der Waals surface area contributed by atoms with E-state index in [4.69, 9.17) is 0 Å². The van der Waals surface area contributed by atoms with Gasteiger partial charge in [0.25, 0.3) is 0 Å². The van der Waals surface area contributed by atoms with Gasteiger partial charge in [-0.3, -0.25) is 0 Å². The van der Waals surface area contributed by atoms with Crippen molar-refractivity contribution in [3.8, 4) is 0 Å². The Morgan fingerprint density at radius 1 is 0.440 bits per heavy atom. The molecule has 132 valence electrons. The molecule has 4 aromatic rings. The van der Waals surface area contributed by atoms with E-state index in [-0.39, 0.29) is 0 Å². The summed E-state index contributed by atoms with van der Waals surface area (Å²) in [7, 11) is 0. The molecule has 0 amide bonds. The zero-order valence-corrected chi connectivity index (χ0v) is 18.3. The zero-order chi connectivity index (χ0) is 18.4. The van der Waals surface area contributed by atoms with Gasteiger partial charge in [0.05, 0.1) is 0 Å². The monoisotopic (exact) mass is 386 g/mol. The van der Waals surface area contributed by atoms with Crippen LogP contribution >= 0.6 is 34.0 Å². The molecular formula is C22H26S3. The van der Waals surface area contributed by atoms with Crippen molar-refractivity contribution in [1.82, 2.24) is 0 Å². The molecule has 0 fully saturated rings. The minimum atomic E-state index is 1.33. The minimum Gasteiger partial charge on any atom is -0.146 e. The molecule has 4 rings (SSSR count). The number of hydrogen-bond acceptors (Lipinski definition) is 3. The predicted octanol–water partition coefficient (Wildman–Crippen LogP) is 8.25. The van der Waals surface area contributed by atoms with E-state index in [0.29, 0.717) is 0 Å². The first kappa shape index (κ1) is 19.9. The number of aryl methyl sites for hydroxylation is 6. The third-order valence-corrected chi connectivity index (χ3v) is 6.59. The summed E-state index contributed by atoms with van der Waals surface area (Å²) in [5, 5.41) is 0. The largest absolute Gasteiger partial charge is 0.146 e. The van der Waals surface area contributed by atoms with Crippen LogP contribution < -0.4 is 0 Å². The Hall–Kier alpha value is -1.42. The second-order valence-corrected chi connectivity index (χ2v) is 10.3. The van der Waals surface area contributed by atoms with Gasteiger partial charge in [0, 0.05) is 28.9 Å². The predicted molar refractivity (Wildman–Crippen MR) is 119 cm³/mol. The molecule has 0 aliphatic rings. The molecule has 0 radical (unpaired) electrons. The van der Waals surface area contributed by atoms with E-state index in [0.717, 1.165) is 0 Å². The first-order valence-electron chi connectivity index (χ1n) is 8.36. The normalized spacial score (nSPS) is 10.0. The number of fused-ring (bicyclic) bond motifs is 1. The molecule has 3 heterocycles. The van der Waals surface area contributed by atoms with Gasteiger partial charge in [0.15, 0.2) is 0 Å². The first-order valence-corrected chi connectivity index (χ1v) is 10.8. The van der Waals surface area contributed by atoms with Crippen molar-refractivity contribution in [1.29, 1.82) is 0 Å². The summed E-state index contributed by atoms with van der Waals surface area (Å²) in [5.74, 6) is 0. The van der Waals surface area contributed by atoms with Crippen LogP contribution in [-0.4, -0.2) is 0 Å². The van der Waals surface area contributed by atoms with Crippen LogP contribution in [-0.2, 0) is 0 Å². The standard InChI is InChI=1S/C8H8S2.C8H10.C6H8S/c1-5-3-7-8(9-5)4-6(2)10-7;1-7-3-5-8(2)6-4-7;1-5-3-4-6(2)7-5/h3-4H,1-2H3;3-6H,1-2H3;3-4H,1-2H3. The Morgan fingerprint density at radius 3 is 1.08 bits per heavy atom. The summed E-state index contributed by atoms with van der Waals surface area (Å²) in [6.45, 7) is 12.8. The van der Waals surface area contributed by atoms with Crippen molar-refractivity contribution in [3.05, 3.63) is 79.2 Å². The summed E-state index contributed by atoms with van der Waals surface area (Å²) >= 11 is 5.61. The summed E-state index contributed by atoms with van der Waals surface area (Å²) < 4.78 is 2.89. The lowest BCUT2D eigenvalue weighted by molar-refractivity contribution is 1.40. The van der Waals surface area contributed by atoms with Crippen LogP contribution in [0, 0.1) is 41.5 Å². The maximum Gasteiger partial charge on any atom is 0.0456 e. The van der Waals surface area contributed by atoms with Crippen molar-refractivity contribution < 1.29 is 0 Å². The molecule has 0 atom stereocenters. The maximum absolute atomic E-state index is 2.26. The lowest BCUT2D eigenvalue weighted by Gasteiger charge is -1.90. The van der Waals surface area contributed by atoms with Gasteiger partial charge >= 0.3 is 0 Å². The summed E-state index contributed by atoms with van der Waals surface area (Å²) in [5.41, 5.74) is 2.66. The maximum atomic E-state index is 2.26. The average molecular weight is 387 g/mol. The SMILES string of the molecule is Cc1cc2sc(C)cc2s1.Cc1ccc(C)cc1.Cc1ccc(C)s1. The molecule has 0 N–H and O–H groups in total. The second kappa shape index (κ2) is 9.33.